The summed E-state index contributed by atoms with van der Waals surface area (Å²) in [6.45, 7) is 3.25. The second-order valence-electron chi connectivity index (χ2n) is 6.96. The van der Waals surface area contributed by atoms with Gasteiger partial charge in [-0.1, -0.05) is 60.2 Å². The Morgan fingerprint density at radius 1 is 0.958 bits per heavy atom. The molecule has 1 saturated heterocycles. The normalized spacial score (nSPS) is 22.9. The number of aryl methyl sites for hydroxylation is 1. The number of benzene rings is 3. The molecule has 3 aromatic carbocycles. The minimum Gasteiger partial charge on any atom is -0.475 e. The van der Waals surface area contributed by atoms with Crippen molar-refractivity contribution in [3.63, 3.8) is 0 Å². The van der Waals surface area contributed by atoms with Gasteiger partial charge >= 0.3 is 0 Å². The van der Waals surface area contributed by atoms with E-state index in [-0.39, 0.29) is 12.3 Å². The van der Waals surface area contributed by atoms with Gasteiger partial charge in [0.1, 0.15) is 5.75 Å². The molecular weight excluding hydrogens is 294 g/mol. The second kappa shape index (κ2) is 5.35. The van der Waals surface area contributed by atoms with Crippen molar-refractivity contribution in [1.82, 2.24) is 4.90 Å². The lowest BCUT2D eigenvalue weighted by atomic mass is 9.90. The Kier molecular flexibility index (Phi) is 3.14. The number of hydrogen-bond donors (Lipinski definition) is 0. The van der Waals surface area contributed by atoms with E-state index in [1.165, 1.54) is 33.9 Å². The Morgan fingerprint density at radius 2 is 1.79 bits per heavy atom. The van der Waals surface area contributed by atoms with Crippen LogP contribution in [0.15, 0.2) is 60.7 Å². The summed E-state index contributed by atoms with van der Waals surface area (Å²) in [6.07, 6.45) is 2.54. The fourth-order valence-corrected chi connectivity index (χ4v) is 4.26. The number of rotatable bonds is 1. The molecule has 24 heavy (non-hydrogen) atoms. The molecule has 2 heteroatoms. The summed E-state index contributed by atoms with van der Waals surface area (Å²) in [4.78, 5) is 2.54. The third kappa shape index (κ3) is 2.06. The Morgan fingerprint density at radius 3 is 2.67 bits per heavy atom. The molecule has 0 spiro atoms. The first kappa shape index (κ1) is 14.1. The Bertz CT molecular complexity index is 899. The van der Waals surface area contributed by atoms with Crippen LogP contribution in [0.3, 0.4) is 0 Å². The number of nitrogens with zero attached hydrogens (tertiary/aromatic N) is 1. The quantitative estimate of drug-likeness (QED) is 0.623. The first-order chi connectivity index (χ1) is 11.8. The molecule has 2 aliphatic heterocycles. The van der Waals surface area contributed by atoms with Gasteiger partial charge in [0.25, 0.3) is 0 Å². The number of fused-ring (bicyclic) bond motifs is 4. The summed E-state index contributed by atoms with van der Waals surface area (Å²) in [5.41, 5.74) is 4.01. The topological polar surface area (TPSA) is 12.5 Å². The first-order valence-electron chi connectivity index (χ1n) is 8.82. The Hall–Kier alpha value is -2.32. The van der Waals surface area contributed by atoms with Crippen molar-refractivity contribution >= 4 is 10.8 Å². The fourth-order valence-electron chi connectivity index (χ4n) is 4.26. The molecule has 0 N–H and O–H groups in total. The minimum atomic E-state index is 0.213. The van der Waals surface area contributed by atoms with Gasteiger partial charge in [-0.15, -0.1) is 0 Å². The van der Waals surface area contributed by atoms with Crippen LogP contribution in [0.5, 0.6) is 5.75 Å². The Balaban J connectivity index is 1.77. The van der Waals surface area contributed by atoms with Crippen LogP contribution < -0.4 is 4.74 Å². The monoisotopic (exact) mass is 315 g/mol. The lowest BCUT2D eigenvalue weighted by Crippen LogP contribution is -2.41. The highest BCUT2D eigenvalue weighted by Gasteiger charge is 2.40. The standard InChI is InChI=1S/C22H21NO/c1-15-8-10-17(11-9-15)22-21-18-6-3-2-5-16(18)12-13-19(21)24-20-7-4-14-23(20)22/h2-3,5-6,8-13,20,22H,4,7,14H2,1H3. The van der Waals surface area contributed by atoms with E-state index in [1.54, 1.807) is 0 Å². The van der Waals surface area contributed by atoms with Crippen molar-refractivity contribution in [2.24, 2.45) is 0 Å². The highest BCUT2D eigenvalue weighted by atomic mass is 16.5. The predicted molar refractivity (Wildman–Crippen MR) is 97.3 cm³/mol. The fraction of sp³-hybridized carbons (Fsp3) is 0.273. The van der Waals surface area contributed by atoms with E-state index in [0.717, 1.165) is 18.7 Å². The molecule has 120 valence electrons. The number of ether oxygens (including phenoxy) is 1. The molecule has 0 aliphatic carbocycles. The second-order valence-corrected chi connectivity index (χ2v) is 6.96. The lowest BCUT2D eigenvalue weighted by molar-refractivity contribution is 0.0176. The van der Waals surface area contributed by atoms with E-state index in [0.29, 0.717) is 0 Å². The minimum absolute atomic E-state index is 0.213. The van der Waals surface area contributed by atoms with E-state index in [4.69, 9.17) is 4.74 Å². The van der Waals surface area contributed by atoms with Crippen LogP contribution in [0.4, 0.5) is 0 Å². The van der Waals surface area contributed by atoms with Crippen LogP contribution in [-0.2, 0) is 0 Å². The highest BCUT2D eigenvalue weighted by Crippen LogP contribution is 2.46. The molecule has 0 saturated carbocycles. The molecule has 1 fully saturated rings. The summed E-state index contributed by atoms with van der Waals surface area (Å²) in [5, 5.41) is 2.60. The van der Waals surface area contributed by atoms with Crippen LogP contribution >= 0.6 is 0 Å². The molecule has 2 atom stereocenters. The van der Waals surface area contributed by atoms with Crippen molar-refractivity contribution in [1.29, 1.82) is 0 Å². The molecule has 2 heterocycles. The third-order valence-corrected chi connectivity index (χ3v) is 5.43. The van der Waals surface area contributed by atoms with Gasteiger partial charge in [-0.25, -0.2) is 0 Å². The van der Waals surface area contributed by atoms with Crippen molar-refractivity contribution in [3.05, 3.63) is 77.4 Å². The highest BCUT2D eigenvalue weighted by molar-refractivity contribution is 5.89. The maximum absolute atomic E-state index is 6.37. The summed E-state index contributed by atoms with van der Waals surface area (Å²) in [7, 11) is 0. The molecular formula is C22H21NO. The number of hydrogen-bond acceptors (Lipinski definition) is 2. The van der Waals surface area contributed by atoms with Crippen LogP contribution in [0.1, 0.15) is 35.6 Å². The Labute approximate surface area is 142 Å². The van der Waals surface area contributed by atoms with E-state index >= 15 is 0 Å². The molecule has 0 amide bonds. The maximum atomic E-state index is 6.37. The molecule has 0 bridgehead atoms. The van der Waals surface area contributed by atoms with E-state index in [1.807, 2.05) is 0 Å². The average molecular weight is 315 g/mol. The zero-order chi connectivity index (χ0) is 16.1. The zero-order valence-corrected chi connectivity index (χ0v) is 13.9. The van der Waals surface area contributed by atoms with E-state index in [9.17, 15) is 0 Å². The molecule has 2 unspecified atom stereocenters. The third-order valence-electron chi connectivity index (χ3n) is 5.43. The summed E-state index contributed by atoms with van der Waals surface area (Å²) in [5.74, 6) is 1.06. The lowest BCUT2D eigenvalue weighted by Gasteiger charge is -2.40. The van der Waals surface area contributed by atoms with Crippen molar-refractivity contribution in [2.75, 3.05) is 6.54 Å². The zero-order valence-electron chi connectivity index (χ0n) is 13.9. The molecule has 2 nitrogen and oxygen atoms in total. The van der Waals surface area contributed by atoms with E-state index < -0.39 is 0 Å². The first-order valence-corrected chi connectivity index (χ1v) is 8.82. The van der Waals surface area contributed by atoms with Gasteiger partial charge in [-0.05, 0) is 42.2 Å². The van der Waals surface area contributed by atoms with Gasteiger partial charge in [0, 0.05) is 12.1 Å². The summed E-state index contributed by atoms with van der Waals surface area (Å²) < 4.78 is 6.37. The largest absolute Gasteiger partial charge is 0.475 e. The van der Waals surface area contributed by atoms with Crippen molar-refractivity contribution < 1.29 is 4.74 Å². The van der Waals surface area contributed by atoms with Crippen LogP contribution in [0.25, 0.3) is 10.8 Å². The van der Waals surface area contributed by atoms with Crippen LogP contribution in [0, 0.1) is 6.92 Å². The molecule has 0 radical (unpaired) electrons. The van der Waals surface area contributed by atoms with Gasteiger partial charge < -0.3 is 4.74 Å². The molecule has 3 aromatic rings. The molecule has 0 aromatic heterocycles. The molecule has 5 rings (SSSR count). The smallest absolute Gasteiger partial charge is 0.153 e. The summed E-state index contributed by atoms with van der Waals surface area (Å²) in [6, 6.07) is 22.3. The molecule has 2 aliphatic rings. The average Bonchev–Trinajstić information content (AvgIpc) is 3.08. The predicted octanol–water partition coefficient (Wildman–Crippen LogP) is 5.05. The van der Waals surface area contributed by atoms with E-state index in [2.05, 4.69) is 72.5 Å². The maximum Gasteiger partial charge on any atom is 0.153 e. The SMILES string of the molecule is Cc1ccc(C2c3c(ccc4ccccc34)OC3CCCN32)cc1. The van der Waals surface area contributed by atoms with Crippen molar-refractivity contribution in [3.8, 4) is 5.75 Å². The van der Waals surface area contributed by atoms with Crippen LogP contribution in [-0.4, -0.2) is 17.7 Å². The van der Waals surface area contributed by atoms with Gasteiger partial charge in [-0.2, -0.15) is 0 Å². The van der Waals surface area contributed by atoms with Gasteiger partial charge in [0.2, 0.25) is 0 Å². The van der Waals surface area contributed by atoms with Crippen LogP contribution in [0.2, 0.25) is 0 Å². The van der Waals surface area contributed by atoms with Crippen molar-refractivity contribution in [2.45, 2.75) is 32.0 Å². The van der Waals surface area contributed by atoms with Gasteiger partial charge in [0.15, 0.2) is 6.23 Å². The van der Waals surface area contributed by atoms with Gasteiger partial charge in [-0.3, -0.25) is 4.90 Å². The summed E-state index contributed by atoms with van der Waals surface area (Å²) >= 11 is 0. The van der Waals surface area contributed by atoms with Gasteiger partial charge in [0.05, 0.1) is 6.04 Å².